The molecule has 2 heterocycles. The molecule has 1 unspecified atom stereocenters. The first-order chi connectivity index (χ1) is 9.74. The maximum Gasteiger partial charge on any atom is 0.323 e. The molecule has 2 aliphatic rings. The number of aromatic nitrogens is 1. The van der Waals surface area contributed by atoms with Crippen LogP contribution in [0.4, 0.5) is 9.93 Å². The molecule has 1 aliphatic carbocycles. The van der Waals surface area contributed by atoms with E-state index in [2.05, 4.69) is 15.2 Å². The quantitative estimate of drug-likeness (QED) is 0.895. The van der Waals surface area contributed by atoms with Crippen molar-refractivity contribution < 1.29 is 4.79 Å². The zero-order valence-corrected chi connectivity index (χ0v) is 12.9. The maximum absolute atomic E-state index is 12.5. The molecule has 5 heteroatoms. The fraction of sp³-hybridized carbons (Fsp3) is 0.733. The molecule has 0 radical (unpaired) electrons. The molecule has 4 nitrogen and oxygen atoms in total. The van der Waals surface area contributed by atoms with Crippen LogP contribution < -0.4 is 5.32 Å². The van der Waals surface area contributed by atoms with Gasteiger partial charge < -0.3 is 4.90 Å². The molecule has 3 rings (SSSR count). The van der Waals surface area contributed by atoms with Crippen molar-refractivity contribution in [3.8, 4) is 0 Å². The van der Waals surface area contributed by atoms with E-state index in [0.29, 0.717) is 6.04 Å². The monoisotopic (exact) mass is 293 g/mol. The highest BCUT2D eigenvalue weighted by Gasteiger charge is 2.35. The number of nitrogens with one attached hydrogen (secondary N) is 1. The minimum Gasteiger partial charge on any atom is -0.321 e. The largest absolute Gasteiger partial charge is 0.323 e. The van der Waals surface area contributed by atoms with Gasteiger partial charge in [-0.3, -0.25) is 5.32 Å². The van der Waals surface area contributed by atoms with Gasteiger partial charge in [0.15, 0.2) is 5.13 Å². The van der Waals surface area contributed by atoms with Gasteiger partial charge in [-0.25, -0.2) is 9.78 Å². The summed E-state index contributed by atoms with van der Waals surface area (Å²) in [6.45, 7) is 2.91. The van der Waals surface area contributed by atoms with E-state index < -0.39 is 0 Å². The van der Waals surface area contributed by atoms with E-state index in [-0.39, 0.29) is 6.03 Å². The van der Waals surface area contributed by atoms with Gasteiger partial charge in [0.25, 0.3) is 0 Å². The van der Waals surface area contributed by atoms with Crippen LogP contribution >= 0.6 is 11.3 Å². The Hall–Kier alpha value is -1.10. The molecule has 1 N–H and O–H groups in total. The minimum atomic E-state index is 0.0485. The Morgan fingerprint density at radius 1 is 1.30 bits per heavy atom. The molecule has 1 aromatic rings. The van der Waals surface area contributed by atoms with Crippen molar-refractivity contribution in [2.75, 3.05) is 11.9 Å². The van der Waals surface area contributed by atoms with Crippen LogP contribution in [0.2, 0.25) is 0 Å². The van der Waals surface area contributed by atoms with E-state index in [1.54, 1.807) is 11.3 Å². The van der Waals surface area contributed by atoms with Gasteiger partial charge in [0, 0.05) is 23.7 Å². The number of rotatable bonds is 2. The van der Waals surface area contributed by atoms with Crippen molar-refractivity contribution in [2.24, 2.45) is 5.92 Å². The summed E-state index contributed by atoms with van der Waals surface area (Å²) >= 11 is 1.54. The summed E-state index contributed by atoms with van der Waals surface area (Å²) in [7, 11) is 0. The van der Waals surface area contributed by atoms with Crippen LogP contribution in [0.5, 0.6) is 0 Å². The predicted octanol–water partition coefficient (Wildman–Crippen LogP) is 4.03. The van der Waals surface area contributed by atoms with Crippen LogP contribution in [-0.4, -0.2) is 28.5 Å². The van der Waals surface area contributed by atoms with Crippen molar-refractivity contribution in [1.82, 2.24) is 9.88 Å². The highest BCUT2D eigenvalue weighted by Crippen LogP contribution is 2.34. The van der Waals surface area contributed by atoms with Gasteiger partial charge in [-0.05, 0) is 38.5 Å². The van der Waals surface area contributed by atoms with Crippen molar-refractivity contribution in [3.63, 3.8) is 0 Å². The number of urea groups is 1. The first kappa shape index (κ1) is 13.9. The second-order valence-corrected chi connectivity index (χ2v) is 7.24. The van der Waals surface area contributed by atoms with E-state index in [1.807, 2.05) is 13.1 Å². The third-order valence-corrected chi connectivity index (χ3v) is 5.42. The number of carbonyl (C=O) groups excluding carboxylic acids is 1. The maximum atomic E-state index is 12.5. The lowest BCUT2D eigenvalue weighted by atomic mass is 9.83. The van der Waals surface area contributed by atoms with Gasteiger partial charge in [-0.2, -0.15) is 0 Å². The fourth-order valence-electron chi connectivity index (χ4n) is 3.63. The fourth-order valence-corrected chi connectivity index (χ4v) is 4.28. The Balaban J connectivity index is 1.63. The zero-order valence-electron chi connectivity index (χ0n) is 12.1. The molecule has 1 aromatic heterocycles. The first-order valence-corrected chi connectivity index (χ1v) is 8.56. The summed E-state index contributed by atoms with van der Waals surface area (Å²) in [6.07, 6.45) is 10.8. The zero-order chi connectivity index (χ0) is 13.9. The van der Waals surface area contributed by atoms with Crippen LogP contribution in [-0.2, 0) is 0 Å². The van der Waals surface area contributed by atoms with E-state index >= 15 is 0 Å². The molecule has 20 heavy (non-hydrogen) atoms. The summed E-state index contributed by atoms with van der Waals surface area (Å²) in [6, 6.07) is 0.504. The molecule has 1 saturated heterocycles. The number of carbonyl (C=O) groups is 1. The Bertz CT molecular complexity index is 467. The highest BCUT2D eigenvalue weighted by atomic mass is 32.1. The number of thiazole rings is 1. The number of hydrogen-bond donors (Lipinski definition) is 1. The second-order valence-electron chi connectivity index (χ2n) is 6.01. The average Bonchev–Trinajstić information content (AvgIpc) is 3.09. The van der Waals surface area contributed by atoms with E-state index in [1.165, 1.54) is 38.5 Å². The summed E-state index contributed by atoms with van der Waals surface area (Å²) < 4.78 is 0. The van der Waals surface area contributed by atoms with Gasteiger partial charge >= 0.3 is 6.03 Å². The summed E-state index contributed by atoms with van der Waals surface area (Å²) in [5.41, 5.74) is 0. The van der Waals surface area contributed by atoms with Gasteiger partial charge in [0.05, 0.1) is 0 Å². The second kappa shape index (κ2) is 6.12. The lowest BCUT2D eigenvalue weighted by Crippen LogP contribution is -2.43. The van der Waals surface area contributed by atoms with Gasteiger partial charge in [0.2, 0.25) is 0 Å². The summed E-state index contributed by atoms with van der Waals surface area (Å²) in [5.74, 6) is 0.718. The third kappa shape index (κ3) is 2.97. The molecule has 1 atom stereocenters. The van der Waals surface area contributed by atoms with Crippen molar-refractivity contribution in [2.45, 2.75) is 57.9 Å². The first-order valence-electron chi connectivity index (χ1n) is 7.74. The third-order valence-electron chi connectivity index (χ3n) is 4.59. The number of amides is 2. The standard InChI is InChI=1S/C15H23N3OS/c1-11-10-16-14(20-11)17-15(19)18-9-5-8-13(18)12-6-3-2-4-7-12/h10,12-13H,2-9H2,1H3,(H,16,17,19). The number of nitrogens with zero attached hydrogens (tertiary/aromatic N) is 2. The van der Waals surface area contributed by atoms with Crippen LogP contribution in [0, 0.1) is 12.8 Å². The molecule has 1 saturated carbocycles. The van der Waals surface area contributed by atoms with Crippen LogP contribution in [0.15, 0.2) is 6.20 Å². The van der Waals surface area contributed by atoms with Gasteiger partial charge in [-0.15, -0.1) is 11.3 Å². The van der Waals surface area contributed by atoms with Crippen molar-refractivity contribution in [1.29, 1.82) is 0 Å². The molecule has 0 spiro atoms. The predicted molar refractivity (Wildman–Crippen MR) is 82.2 cm³/mol. The number of hydrogen-bond acceptors (Lipinski definition) is 3. The van der Waals surface area contributed by atoms with E-state index in [0.717, 1.165) is 28.9 Å². The van der Waals surface area contributed by atoms with Gasteiger partial charge in [-0.1, -0.05) is 19.3 Å². The summed E-state index contributed by atoms with van der Waals surface area (Å²) in [5, 5.41) is 3.69. The lowest BCUT2D eigenvalue weighted by molar-refractivity contribution is 0.166. The smallest absolute Gasteiger partial charge is 0.321 e. The van der Waals surface area contributed by atoms with E-state index in [4.69, 9.17) is 0 Å². The van der Waals surface area contributed by atoms with Crippen LogP contribution in [0.3, 0.4) is 0 Å². The SMILES string of the molecule is Cc1cnc(NC(=O)N2CCCC2C2CCCCC2)s1. The summed E-state index contributed by atoms with van der Waals surface area (Å²) in [4.78, 5) is 19.9. The Morgan fingerprint density at radius 3 is 2.80 bits per heavy atom. The molecule has 2 amide bonds. The molecule has 0 aromatic carbocycles. The van der Waals surface area contributed by atoms with E-state index in [9.17, 15) is 4.79 Å². The van der Waals surface area contributed by atoms with Crippen molar-refractivity contribution >= 4 is 22.5 Å². The minimum absolute atomic E-state index is 0.0485. The van der Waals surface area contributed by atoms with Crippen LogP contribution in [0.1, 0.15) is 49.8 Å². The number of aryl methyl sites for hydroxylation is 1. The molecule has 2 fully saturated rings. The highest BCUT2D eigenvalue weighted by molar-refractivity contribution is 7.15. The molecule has 110 valence electrons. The van der Waals surface area contributed by atoms with Crippen LogP contribution in [0.25, 0.3) is 0 Å². The van der Waals surface area contributed by atoms with Gasteiger partial charge in [0.1, 0.15) is 0 Å². The Morgan fingerprint density at radius 2 is 2.10 bits per heavy atom. The average molecular weight is 293 g/mol. The Kier molecular flexibility index (Phi) is 4.24. The number of likely N-dealkylation sites (tertiary alicyclic amines) is 1. The number of anilines is 1. The van der Waals surface area contributed by atoms with Crippen molar-refractivity contribution in [3.05, 3.63) is 11.1 Å². The lowest BCUT2D eigenvalue weighted by Gasteiger charge is -2.33. The molecule has 0 bridgehead atoms. The molecular formula is C15H23N3OS. The topological polar surface area (TPSA) is 45.2 Å². The molecule has 1 aliphatic heterocycles. The normalized spacial score (nSPS) is 24.1. The Labute approximate surface area is 124 Å². The molecular weight excluding hydrogens is 270 g/mol.